The van der Waals surface area contributed by atoms with Gasteiger partial charge in [-0.05, 0) is 45.6 Å². The molecule has 7 heteroatoms. The summed E-state index contributed by atoms with van der Waals surface area (Å²) in [5.41, 5.74) is 1.10. The van der Waals surface area contributed by atoms with Crippen molar-refractivity contribution in [1.82, 2.24) is 19.8 Å². The maximum atomic E-state index is 12.2. The van der Waals surface area contributed by atoms with Crippen molar-refractivity contribution >= 4 is 11.3 Å². The number of tetrazole rings is 1. The van der Waals surface area contributed by atoms with Crippen LogP contribution >= 0.6 is 11.3 Å². The lowest BCUT2D eigenvalue weighted by molar-refractivity contribution is 0.632. The molecule has 20 heavy (non-hydrogen) atoms. The zero-order chi connectivity index (χ0) is 13.9. The van der Waals surface area contributed by atoms with Gasteiger partial charge >= 0.3 is 5.69 Å². The minimum atomic E-state index is -0.296. The van der Waals surface area contributed by atoms with Crippen molar-refractivity contribution in [2.45, 2.75) is 6.54 Å². The quantitative estimate of drug-likeness (QED) is 0.728. The monoisotopic (exact) mass is 283 g/mol. The number of nitriles is 1. The lowest BCUT2D eigenvalue weighted by atomic mass is 10.1. The molecule has 98 valence electrons. The molecule has 0 atom stereocenters. The third-order valence-corrected chi connectivity index (χ3v) is 3.59. The van der Waals surface area contributed by atoms with Crippen molar-refractivity contribution in [2.75, 3.05) is 0 Å². The smallest absolute Gasteiger partial charge is 0.244 e. The molecule has 0 aliphatic carbocycles. The summed E-state index contributed by atoms with van der Waals surface area (Å²) >= 11 is 1.42. The zero-order valence-corrected chi connectivity index (χ0v) is 11.1. The van der Waals surface area contributed by atoms with Crippen LogP contribution in [0, 0.1) is 11.3 Å². The molecule has 3 rings (SSSR count). The third-order valence-electron chi connectivity index (χ3n) is 2.74. The highest BCUT2D eigenvalue weighted by molar-refractivity contribution is 7.12. The van der Waals surface area contributed by atoms with Gasteiger partial charge in [-0.2, -0.15) is 14.6 Å². The van der Waals surface area contributed by atoms with E-state index in [2.05, 4.69) is 16.5 Å². The van der Waals surface area contributed by atoms with Gasteiger partial charge in [-0.3, -0.25) is 0 Å². The van der Waals surface area contributed by atoms with Crippen LogP contribution in [0.4, 0.5) is 0 Å². The molecule has 1 aromatic carbocycles. The summed E-state index contributed by atoms with van der Waals surface area (Å²) in [6, 6.07) is 12.8. The van der Waals surface area contributed by atoms with E-state index in [9.17, 15) is 4.79 Å². The van der Waals surface area contributed by atoms with Crippen molar-refractivity contribution in [2.24, 2.45) is 0 Å². The Labute approximate surface area is 118 Å². The molecule has 0 saturated heterocycles. The van der Waals surface area contributed by atoms with E-state index >= 15 is 0 Å². The minimum Gasteiger partial charge on any atom is -0.244 e. The Morgan fingerprint density at radius 2 is 2.15 bits per heavy atom. The predicted octanol–water partition coefficient (Wildman–Crippen LogP) is 1.41. The number of hydrogen-bond acceptors (Lipinski definition) is 5. The van der Waals surface area contributed by atoms with Crippen molar-refractivity contribution < 1.29 is 0 Å². The Balaban J connectivity index is 1.93. The topological polar surface area (TPSA) is 76.5 Å². The molecule has 0 bridgehead atoms. The number of thiophene rings is 1. The van der Waals surface area contributed by atoms with E-state index in [1.165, 1.54) is 20.7 Å². The molecule has 0 spiro atoms. The van der Waals surface area contributed by atoms with E-state index in [4.69, 9.17) is 5.26 Å². The number of benzene rings is 1. The van der Waals surface area contributed by atoms with Crippen LogP contribution in [-0.2, 0) is 6.54 Å². The van der Waals surface area contributed by atoms with Gasteiger partial charge in [-0.1, -0.05) is 12.1 Å². The molecular weight excluding hydrogens is 274 g/mol. The van der Waals surface area contributed by atoms with Crippen molar-refractivity contribution in [3.8, 4) is 11.1 Å². The Hall–Kier alpha value is -2.72. The van der Waals surface area contributed by atoms with Gasteiger partial charge in [0, 0.05) is 0 Å². The number of aromatic nitrogens is 4. The maximum Gasteiger partial charge on any atom is 0.369 e. The highest BCUT2D eigenvalue weighted by atomic mass is 32.1. The molecule has 0 saturated carbocycles. The second-order valence-electron chi connectivity index (χ2n) is 4.09. The Morgan fingerprint density at radius 1 is 1.25 bits per heavy atom. The van der Waals surface area contributed by atoms with E-state index in [1.807, 2.05) is 17.5 Å². The normalized spacial score (nSPS) is 10.3. The van der Waals surface area contributed by atoms with Gasteiger partial charge in [0.15, 0.2) is 0 Å². The Kier molecular flexibility index (Phi) is 3.15. The molecule has 2 aromatic heterocycles. The first-order valence-corrected chi connectivity index (χ1v) is 6.71. The number of hydrogen-bond donors (Lipinski definition) is 0. The largest absolute Gasteiger partial charge is 0.369 e. The van der Waals surface area contributed by atoms with Crippen LogP contribution in [-0.4, -0.2) is 19.8 Å². The minimum absolute atomic E-state index is 0.291. The van der Waals surface area contributed by atoms with Gasteiger partial charge in [0.25, 0.3) is 0 Å². The SMILES string of the molecule is N#Cc1cccc(Cn2nnn(-c3cccs3)c2=O)c1. The number of rotatable bonds is 3. The van der Waals surface area contributed by atoms with Gasteiger partial charge < -0.3 is 0 Å². The fraction of sp³-hybridized carbons (Fsp3) is 0.0769. The lowest BCUT2D eigenvalue weighted by Gasteiger charge is -1.99. The summed E-state index contributed by atoms with van der Waals surface area (Å²) in [5, 5.41) is 19.2. The fourth-order valence-corrected chi connectivity index (χ4v) is 2.48. The van der Waals surface area contributed by atoms with Crippen molar-refractivity contribution in [3.63, 3.8) is 0 Å². The zero-order valence-electron chi connectivity index (χ0n) is 10.3. The Bertz CT molecular complexity index is 825. The molecule has 0 radical (unpaired) electrons. The molecule has 0 aliphatic rings. The molecule has 0 N–H and O–H groups in total. The summed E-state index contributed by atoms with van der Waals surface area (Å²) in [7, 11) is 0. The lowest BCUT2D eigenvalue weighted by Crippen LogP contribution is -2.24. The first-order chi connectivity index (χ1) is 9.78. The van der Waals surface area contributed by atoms with E-state index < -0.39 is 0 Å². The van der Waals surface area contributed by atoms with E-state index in [1.54, 1.807) is 24.3 Å². The van der Waals surface area contributed by atoms with Crippen LogP contribution in [0.3, 0.4) is 0 Å². The van der Waals surface area contributed by atoms with Crippen LogP contribution in [0.5, 0.6) is 0 Å². The summed E-state index contributed by atoms with van der Waals surface area (Å²) in [5.74, 6) is 0. The number of nitrogens with zero attached hydrogens (tertiary/aromatic N) is 5. The van der Waals surface area contributed by atoms with Crippen LogP contribution < -0.4 is 5.69 Å². The van der Waals surface area contributed by atoms with E-state index in [-0.39, 0.29) is 5.69 Å². The highest BCUT2D eigenvalue weighted by Gasteiger charge is 2.09. The van der Waals surface area contributed by atoms with E-state index in [0.717, 1.165) is 10.6 Å². The van der Waals surface area contributed by atoms with Crippen LogP contribution in [0.1, 0.15) is 11.1 Å². The maximum absolute atomic E-state index is 12.2. The van der Waals surface area contributed by atoms with E-state index in [0.29, 0.717) is 12.1 Å². The molecule has 0 aliphatic heterocycles. The second kappa shape index (κ2) is 5.11. The fourth-order valence-electron chi connectivity index (χ4n) is 1.81. The predicted molar refractivity (Wildman–Crippen MR) is 73.8 cm³/mol. The third kappa shape index (κ3) is 2.24. The second-order valence-corrected chi connectivity index (χ2v) is 5.02. The summed E-state index contributed by atoms with van der Waals surface area (Å²) in [6.07, 6.45) is 0. The van der Waals surface area contributed by atoms with Crippen LogP contribution in [0.15, 0.2) is 46.6 Å². The molecular formula is C13H9N5OS. The molecule has 0 fully saturated rings. The summed E-state index contributed by atoms with van der Waals surface area (Å²) < 4.78 is 2.54. The average molecular weight is 283 g/mol. The Morgan fingerprint density at radius 3 is 2.90 bits per heavy atom. The van der Waals surface area contributed by atoms with Gasteiger partial charge in [0.2, 0.25) is 0 Å². The highest BCUT2D eigenvalue weighted by Crippen LogP contribution is 2.11. The van der Waals surface area contributed by atoms with Gasteiger partial charge in [0.05, 0.1) is 18.2 Å². The van der Waals surface area contributed by atoms with Gasteiger partial charge in [0.1, 0.15) is 5.00 Å². The molecule has 0 amide bonds. The van der Waals surface area contributed by atoms with Crippen LogP contribution in [0.2, 0.25) is 0 Å². The van der Waals surface area contributed by atoms with Crippen molar-refractivity contribution in [1.29, 1.82) is 5.26 Å². The van der Waals surface area contributed by atoms with Gasteiger partial charge in [-0.15, -0.1) is 11.3 Å². The summed E-state index contributed by atoms with van der Waals surface area (Å²) in [4.78, 5) is 12.2. The molecule has 6 nitrogen and oxygen atoms in total. The van der Waals surface area contributed by atoms with Gasteiger partial charge in [-0.25, -0.2) is 4.79 Å². The standard InChI is InChI=1S/C13H9N5OS/c14-8-10-3-1-4-11(7-10)9-17-13(19)18(16-15-17)12-5-2-6-20-12/h1-7H,9H2. The molecule has 3 aromatic rings. The first-order valence-electron chi connectivity index (χ1n) is 5.83. The molecule has 0 unspecified atom stereocenters. The average Bonchev–Trinajstić information content (AvgIpc) is 3.10. The first kappa shape index (κ1) is 12.3. The van der Waals surface area contributed by atoms with Crippen molar-refractivity contribution in [3.05, 3.63) is 63.4 Å². The van der Waals surface area contributed by atoms with Crippen LogP contribution in [0.25, 0.3) is 5.00 Å². The summed E-state index contributed by atoms with van der Waals surface area (Å²) in [6.45, 7) is 0.291. The molecule has 2 heterocycles.